The molecule has 1 N–H and O–H groups in total. The summed E-state index contributed by atoms with van der Waals surface area (Å²) in [4.78, 5) is 0. The van der Waals surface area contributed by atoms with E-state index in [0.29, 0.717) is 5.92 Å². The maximum Gasteiger partial charge on any atom is 0.0691 e. The molecule has 2 aromatic rings. The summed E-state index contributed by atoms with van der Waals surface area (Å²) in [6.45, 7) is 6.18. The van der Waals surface area contributed by atoms with Crippen LogP contribution in [0.5, 0.6) is 0 Å². The van der Waals surface area contributed by atoms with Crippen molar-refractivity contribution in [1.82, 2.24) is 15.1 Å². The number of rotatable bonds is 5. The van der Waals surface area contributed by atoms with Gasteiger partial charge in [0, 0.05) is 17.8 Å². The Morgan fingerprint density at radius 1 is 1.42 bits per heavy atom. The highest BCUT2D eigenvalue weighted by Gasteiger charge is 2.07. The monoisotopic (exact) mass is 389 g/mol. The van der Waals surface area contributed by atoms with E-state index in [4.69, 9.17) is 11.6 Å². The minimum Gasteiger partial charge on any atom is -0.312 e. The molecule has 102 valence electrons. The molecule has 1 heterocycles. The van der Waals surface area contributed by atoms with Crippen molar-refractivity contribution in [3.63, 3.8) is 0 Å². The molecular formula is C14H17ClIN3. The molecule has 3 nitrogen and oxygen atoms in total. The van der Waals surface area contributed by atoms with Gasteiger partial charge in [0.2, 0.25) is 0 Å². The SMILES string of the molecule is CC(C)CNCc1cc(Cl)ccc1-n1cc(I)cn1. The standard InChI is InChI=1S/C14H17ClIN3/c1-10(2)6-17-7-11-5-12(15)3-4-14(11)19-9-13(16)8-18-19/h3-5,8-10,17H,6-7H2,1-2H3. The van der Waals surface area contributed by atoms with Gasteiger partial charge in [-0.2, -0.15) is 5.10 Å². The second-order valence-electron chi connectivity index (χ2n) is 4.90. The normalized spacial score (nSPS) is 11.2. The molecular weight excluding hydrogens is 373 g/mol. The van der Waals surface area contributed by atoms with Crippen molar-refractivity contribution in [3.05, 3.63) is 44.7 Å². The molecule has 0 amide bonds. The number of hydrogen-bond acceptors (Lipinski definition) is 2. The predicted molar refractivity (Wildman–Crippen MR) is 87.8 cm³/mol. The van der Waals surface area contributed by atoms with Crippen LogP contribution in [0.25, 0.3) is 5.69 Å². The molecule has 0 bridgehead atoms. The van der Waals surface area contributed by atoms with E-state index in [1.54, 1.807) is 0 Å². The Kier molecular flexibility index (Phi) is 5.24. The lowest BCUT2D eigenvalue weighted by Crippen LogP contribution is -2.20. The maximum absolute atomic E-state index is 6.09. The Morgan fingerprint density at radius 3 is 2.84 bits per heavy atom. The highest BCUT2D eigenvalue weighted by Crippen LogP contribution is 2.20. The van der Waals surface area contributed by atoms with Gasteiger partial charge in [-0.05, 0) is 58.8 Å². The molecule has 0 unspecified atom stereocenters. The molecule has 1 aromatic heterocycles. The van der Waals surface area contributed by atoms with Gasteiger partial charge in [0.1, 0.15) is 0 Å². The van der Waals surface area contributed by atoms with E-state index >= 15 is 0 Å². The van der Waals surface area contributed by atoms with Gasteiger partial charge in [-0.3, -0.25) is 0 Å². The summed E-state index contributed by atoms with van der Waals surface area (Å²) in [5, 5.41) is 8.56. The van der Waals surface area contributed by atoms with Gasteiger partial charge >= 0.3 is 0 Å². The Balaban J connectivity index is 2.23. The van der Waals surface area contributed by atoms with Crippen molar-refractivity contribution < 1.29 is 0 Å². The lowest BCUT2D eigenvalue weighted by molar-refractivity contribution is 0.551. The van der Waals surface area contributed by atoms with Crippen molar-refractivity contribution in [1.29, 1.82) is 0 Å². The van der Waals surface area contributed by atoms with E-state index in [-0.39, 0.29) is 0 Å². The van der Waals surface area contributed by atoms with Crippen molar-refractivity contribution in [2.45, 2.75) is 20.4 Å². The van der Waals surface area contributed by atoms with Crippen LogP contribution in [0.2, 0.25) is 5.02 Å². The fourth-order valence-electron chi connectivity index (χ4n) is 1.85. The van der Waals surface area contributed by atoms with Gasteiger partial charge in [-0.15, -0.1) is 0 Å². The van der Waals surface area contributed by atoms with E-state index in [2.05, 4.69) is 46.9 Å². The van der Waals surface area contributed by atoms with E-state index in [1.165, 1.54) is 0 Å². The second kappa shape index (κ2) is 6.72. The minimum atomic E-state index is 0.633. The highest BCUT2D eigenvalue weighted by molar-refractivity contribution is 14.1. The van der Waals surface area contributed by atoms with Crippen molar-refractivity contribution in [2.75, 3.05) is 6.54 Å². The van der Waals surface area contributed by atoms with Crippen LogP contribution in [0.3, 0.4) is 0 Å². The average Bonchev–Trinajstić information content (AvgIpc) is 2.75. The fourth-order valence-corrected chi connectivity index (χ4v) is 2.43. The highest BCUT2D eigenvalue weighted by atomic mass is 127. The van der Waals surface area contributed by atoms with Crippen LogP contribution in [0.15, 0.2) is 30.6 Å². The summed E-state index contributed by atoms with van der Waals surface area (Å²) < 4.78 is 3.01. The third kappa shape index (κ3) is 4.19. The average molecular weight is 390 g/mol. The molecule has 0 fully saturated rings. The summed E-state index contributed by atoms with van der Waals surface area (Å²) >= 11 is 8.35. The zero-order valence-corrected chi connectivity index (χ0v) is 13.9. The quantitative estimate of drug-likeness (QED) is 0.787. The minimum absolute atomic E-state index is 0.633. The molecule has 0 aliphatic heterocycles. The molecule has 0 aliphatic rings. The van der Waals surface area contributed by atoms with E-state index in [0.717, 1.165) is 32.9 Å². The number of nitrogens with zero attached hydrogens (tertiary/aromatic N) is 2. The van der Waals surface area contributed by atoms with Crippen LogP contribution in [0.4, 0.5) is 0 Å². The molecule has 19 heavy (non-hydrogen) atoms. The first-order valence-electron chi connectivity index (χ1n) is 6.26. The fraction of sp³-hybridized carbons (Fsp3) is 0.357. The van der Waals surface area contributed by atoms with Crippen molar-refractivity contribution >= 4 is 34.2 Å². The Hall–Kier alpha value is -0.590. The number of halogens is 2. The lowest BCUT2D eigenvalue weighted by Gasteiger charge is -2.12. The number of aromatic nitrogens is 2. The van der Waals surface area contributed by atoms with E-state index in [9.17, 15) is 0 Å². The molecule has 0 spiro atoms. The second-order valence-corrected chi connectivity index (χ2v) is 6.58. The number of benzene rings is 1. The van der Waals surface area contributed by atoms with Crippen LogP contribution >= 0.6 is 34.2 Å². The van der Waals surface area contributed by atoms with Gasteiger partial charge < -0.3 is 5.32 Å². The van der Waals surface area contributed by atoms with E-state index < -0.39 is 0 Å². The molecule has 0 saturated heterocycles. The predicted octanol–water partition coefficient (Wildman–Crippen LogP) is 3.88. The van der Waals surface area contributed by atoms with Crippen LogP contribution in [0.1, 0.15) is 19.4 Å². The molecule has 0 atom stereocenters. The molecule has 5 heteroatoms. The van der Waals surface area contributed by atoms with Gasteiger partial charge in [-0.1, -0.05) is 25.4 Å². The van der Waals surface area contributed by atoms with Crippen LogP contribution in [-0.4, -0.2) is 16.3 Å². The first-order valence-corrected chi connectivity index (χ1v) is 7.71. The van der Waals surface area contributed by atoms with Crippen LogP contribution < -0.4 is 5.32 Å². The molecule has 2 rings (SSSR count). The zero-order valence-electron chi connectivity index (χ0n) is 11.0. The first-order chi connectivity index (χ1) is 9.06. The van der Waals surface area contributed by atoms with Gasteiger partial charge in [0.05, 0.1) is 15.5 Å². The summed E-state index contributed by atoms with van der Waals surface area (Å²) in [7, 11) is 0. The van der Waals surface area contributed by atoms with Gasteiger partial charge in [-0.25, -0.2) is 4.68 Å². The number of nitrogens with one attached hydrogen (secondary N) is 1. The number of hydrogen-bond donors (Lipinski definition) is 1. The lowest BCUT2D eigenvalue weighted by atomic mass is 10.1. The maximum atomic E-state index is 6.09. The topological polar surface area (TPSA) is 29.9 Å². The Labute approximate surface area is 132 Å². The smallest absolute Gasteiger partial charge is 0.0691 e. The largest absolute Gasteiger partial charge is 0.312 e. The first kappa shape index (κ1) is 14.8. The van der Waals surface area contributed by atoms with Crippen LogP contribution in [-0.2, 0) is 6.54 Å². The van der Waals surface area contributed by atoms with E-state index in [1.807, 2.05) is 35.3 Å². The third-order valence-corrected chi connectivity index (χ3v) is 3.50. The third-order valence-electron chi connectivity index (χ3n) is 2.71. The summed E-state index contributed by atoms with van der Waals surface area (Å²) in [6, 6.07) is 5.91. The summed E-state index contributed by atoms with van der Waals surface area (Å²) in [6.07, 6.45) is 3.86. The van der Waals surface area contributed by atoms with Crippen molar-refractivity contribution in [3.8, 4) is 5.69 Å². The summed E-state index contributed by atoms with van der Waals surface area (Å²) in [5.41, 5.74) is 2.23. The molecule has 1 aromatic carbocycles. The van der Waals surface area contributed by atoms with Gasteiger partial charge in [0.15, 0.2) is 0 Å². The Morgan fingerprint density at radius 2 is 2.21 bits per heavy atom. The molecule has 0 aliphatic carbocycles. The molecule has 0 radical (unpaired) electrons. The Bertz CT molecular complexity index is 551. The zero-order chi connectivity index (χ0) is 13.8. The van der Waals surface area contributed by atoms with Crippen molar-refractivity contribution in [2.24, 2.45) is 5.92 Å². The molecule has 0 saturated carbocycles. The van der Waals surface area contributed by atoms with Gasteiger partial charge in [0.25, 0.3) is 0 Å². The van der Waals surface area contributed by atoms with Crippen LogP contribution in [0, 0.1) is 9.49 Å². The summed E-state index contributed by atoms with van der Waals surface area (Å²) in [5.74, 6) is 0.633.